The molecule has 1 saturated carbocycles. The van der Waals surface area contributed by atoms with Gasteiger partial charge in [-0.1, -0.05) is 24.3 Å². The van der Waals surface area contributed by atoms with Gasteiger partial charge in [0.25, 0.3) is 0 Å². The van der Waals surface area contributed by atoms with E-state index >= 15 is 0 Å². The van der Waals surface area contributed by atoms with Crippen molar-refractivity contribution in [3.8, 4) is 0 Å². The van der Waals surface area contributed by atoms with E-state index in [1.807, 2.05) is 0 Å². The summed E-state index contributed by atoms with van der Waals surface area (Å²) < 4.78 is 34.8. The fraction of sp³-hybridized carbons (Fsp3) is 0.500. The van der Waals surface area contributed by atoms with E-state index in [9.17, 15) is 18.0 Å². The van der Waals surface area contributed by atoms with Crippen molar-refractivity contribution in [2.24, 2.45) is 11.3 Å². The highest BCUT2D eigenvalue weighted by Crippen LogP contribution is 2.45. The van der Waals surface area contributed by atoms with Gasteiger partial charge in [-0.25, -0.2) is 8.42 Å². The number of rotatable bonds is 8. The number of sulfone groups is 1. The maximum atomic E-state index is 12.4. The number of carbonyl (C=O) groups excluding carboxylic acids is 2. The Labute approximate surface area is 160 Å². The van der Waals surface area contributed by atoms with Crippen LogP contribution in [-0.4, -0.2) is 33.6 Å². The molecule has 1 aliphatic carbocycles. The zero-order chi connectivity index (χ0) is 19.9. The summed E-state index contributed by atoms with van der Waals surface area (Å²) in [6.07, 6.45) is 3.36. The summed E-state index contributed by atoms with van der Waals surface area (Å²) in [5, 5.41) is 1.19. The normalized spacial score (nSPS) is 19.1. The van der Waals surface area contributed by atoms with Gasteiger partial charge in [0.05, 0.1) is 18.1 Å². The summed E-state index contributed by atoms with van der Waals surface area (Å²) in [7, 11) is -3.49. The second-order valence-electron chi connectivity index (χ2n) is 6.60. The molecule has 1 aromatic carbocycles. The van der Waals surface area contributed by atoms with E-state index in [2.05, 4.69) is 0 Å². The Bertz CT molecular complexity index is 764. The molecule has 0 heterocycles. The van der Waals surface area contributed by atoms with E-state index in [1.54, 1.807) is 50.3 Å². The summed E-state index contributed by atoms with van der Waals surface area (Å²) in [6.45, 7) is 3.78. The van der Waals surface area contributed by atoms with Gasteiger partial charge in [-0.15, -0.1) is 0 Å². The third kappa shape index (κ3) is 4.97. The maximum Gasteiger partial charge on any atom is 0.323 e. The quantitative estimate of drug-likeness (QED) is 0.497. The lowest BCUT2D eigenvalue weighted by Crippen LogP contribution is -2.40. The number of ether oxygens (including phenoxy) is 2. The Hall–Kier alpha value is -2.15. The van der Waals surface area contributed by atoms with Crippen LogP contribution in [0.3, 0.4) is 0 Å². The highest BCUT2D eigenvalue weighted by atomic mass is 32.2. The van der Waals surface area contributed by atoms with Crippen molar-refractivity contribution in [1.82, 2.24) is 0 Å². The predicted molar refractivity (Wildman–Crippen MR) is 100 cm³/mol. The number of hydrogen-bond acceptors (Lipinski definition) is 6. The summed E-state index contributed by atoms with van der Waals surface area (Å²) in [5.74, 6) is -1.08. The molecule has 0 bridgehead atoms. The fourth-order valence-electron chi connectivity index (χ4n) is 3.40. The van der Waals surface area contributed by atoms with Gasteiger partial charge < -0.3 is 9.47 Å². The Morgan fingerprint density at radius 3 is 2.26 bits per heavy atom. The minimum atomic E-state index is -3.49. The molecular weight excluding hydrogens is 368 g/mol. The summed E-state index contributed by atoms with van der Waals surface area (Å²) in [4.78, 5) is 25.1. The molecule has 27 heavy (non-hydrogen) atoms. The molecule has 1 unspecified atom stereocenters. The third-order valence-corrected chi connectivity index (χ3v) is 6.25. The topological polar surface area (TPSA) is 86.7 Å². The van der Waals surface area contributed by atoms with Crippen LogP contribution in [0.1, 0.15) is 39.5 Å². The predicted octanol–water partition coefficient (Wildman–Crippen LogP) is 3.28. The van der Waals surface area contributed by atoms with Crippen LogP contribution in [0.15, 0.2) is 46.7 Å². The highest BCUT2D eigenvalue weighted by Gasteiger charge is 2.53. The van der Waals surface area contributed by atoms with Gasteiger partial charge in [0.2, 0.25) is 0 Å². The molecule has 2 rings (SSSR count). The third-order valence-electron chi connectivity index (χ3n) is 4.77. The second kappa shape index (κ2) is 9.17. The van der Waals surface area contributed by atoms with Crippen molar-refractivity contribution in [1.29, 1.82) is 0 Å². The van der Waals surface area contributed by atoms with E-state index in [0.717, 1.165) is 0 Å². The van der Waals surface area contributed by atoms with Crippen molar-refractivity contribution in [3.63, 3.8) is 0 Å². The molecule has 0 saturated heterocycles. The molecular formula is C20H26O6S. The summed E-state index contributed by atoms with van der Waals surface area (Å²) in [6, 6.07) is 8.19. The van der Waals surface area contributed by atoms with E-state index in [-0.39, 0.29) is 24.0 Å². The van der Waals surface area contributed by atoms with Crippen LogP contribution >= 0.6 is 0 Å². The molecule has 0 amide bonds. The average molecular weight is 394 g/mol. The Balaban J connectivity index is 2.07. The molecule has 1 fully saturated rings. The van der Waals surface area contributed by atoms with Crippen molar-refractivity contribution in [3.05, 3.63) is 41.8 Å². The van der Waals surface area contributed by atoms with E-state index in [4.69, 9.17) is 9.47 Å². The largest absolute Gasteiger partial charge is 0.465 e. The van der Waals surface area contributed by atoms with E-state index in [1.165, 1.54) is 5.41 Å². The van der Waals surface area contributed by atoms with Crippen molar-refractivity contribution in [2.45, 2.75) is 44.4 Å². The highest BCUT2D eigenvalue weighted by molar-refractivity contribution is 7.94. The first-order chi connectivity index (χ1) is 12.9. The zero-order valence-electron chi connectivity index (χ0n) is 15.7. The Kier molecular flexibility index (Phi) is 7.18. The fourth-order valence-corrected chi connectivity index (χ4v) is 4.46. The van der Waals surface area contributed by atoms with Crippen LogP contribution in [0.4, 0.5) is 0 Å². The molecule has 1 aromatic rings. The van der Waals surface area contributed by atoms with Crippen molar-refractivity contribution < 1.29 is 27.5 Å². The lowest BCUT2D eigenvalue weighted by atomic mass is 9.84. The summed E-state index contributed by atoms with van der Waals surface area (Å²) >= 11 is 0. The van der Waals surface area contributed by atoms with Crippen molar-refractivity contribution >= 4 is 21.8 Å². The molecule has 0 spiro atoms. The minimum Gasteiger partial charge on any atom is -0.465 e. The zero-order valence-corrected chi connectivity index (χ0v) is 16.5. The van der Waals surface area contributed by atoms with Crippen LogP contribution in [0.25, 0.3) is 0 Å². The number of esters is 2. The number of carbonyl (C=O) groups is 2. The molecule has 0 N–H and O–H groups in total. The molecule has 1 aliphatic rings. The minimum absolute atomic E-state index is 0.0148. The smallest absolute Gasteiger partial charge is 0.323 e. The van der Waals surface area contributed by atoms with Gasteiger partial charge in [-0.3, -0.25) is 9.59 Å². The maximum absolute atomic E-state index is 12.4. The van der Waals surface area contributed by atoms with Gasteiger partial charge in [0, 0.05) is 5.41 Å². The molecule has 0 aliphatic heterocycles. The first-order valence-corrected chi connectivity index (χ1v) is 10.7. The molecule has 0 aromatic heterocycles. The van der Waals surface area contributed by atoms with Gasteiger partial charge in [0.15, 0.2) is 15.3 Å². The standard InChI is InChI=1S/C20H26O6S/c1-3-25-18(21)20(19(22)26-4-2)13-12-16(15-20)9-8-14-27(23,24)17-10-6-5-7-11-17/h5-8,10-11,14,16H,3-4,9,12-13,15H2,1-2H3/b14-8+. The van der Waals surface area contributed by atoms with E-state index in [0.29, 0.717) is 25.7 Å². The van der Waals surface area contributed by atoms with Crippen LogP contribution < -0.4 is 0 Å². The second-order valence-corrected chi connectivity index (χ2v) is 8.43. The number of benzene rings is 1. The molecule has 7 heteroatoms. The molecule has 148 valence electrons. The van der Waals surface area contributed by atoms with Crippen molar-refractivity contribution in [2.75, 3.05) is 13.2 Å². The van der Waals surface area contributed by atoms with Crippen LogP contribution in [0.5, 0.6) is 0 Å². The van der Waals surface area contributed by atoms with Crippen LogP contribution in [-0.2, 0) is 28.9 Å². The monoisotopic (exact) mass is 394 g/mol. The lowest BCUT2D eigenvalue weighted by molar-refractivity contribution is -0.171. The number of allylic oxidation sites excluding steroid dienone is 1. The van der Waals surface area contributed by atoms with Gasteiger partial charge >= 0.3 is 11.9 Å². The Morgan fingerprint density at radius 2 is 1.70 bits per heavy atom. The molecule has 6 nitrogen and oxygen atoms in total. The van der Waals surface area contributed by atoms with Gasteiger partial charge in [-0.2, -0.15) is 0 Å². The van der Waals surface area contributed by atoms with E-state index < -0.39 is 27.2 Å². The molecule has 0 radical (unpaired) electrons. The average Bonchev–Trinajstić information content (AvgIpc) is 3.08. The number of hydrogen-bond donors (Lipinski definition) is 0. The van der Waals surface area contributed by atoms with Crippen LogP contribution in [0.2, 0.25) is 0 Å². The summed E-state index contributed by atoms with van der Waals surface area (Å²) in [5.41, 5.74) is -1.27. The molecule has 1 atom stereocenters. The Morgan fingerprint density at radius 1 is 1.11 bits per heavy atom. The van der Waals surface area contributed by atoms with Gasteiger partial charge in [-0.05, 0) is 57.6 Å². The lowest BCUT2D eigenvalue weighted by Gasteiger charge is -2.24. The SMILES string of the molecule is CCOC(=O)C1(C(=O)OCC)CCC(C/C=C/S(=O)(=O)c2ccccc2)C1. The first-order valence-electron chi connectivity index (χ1n) is 9.17. The van der Waals surface area contributed by atoms with Crippen LogP contribution in [0, 0.1) is 11.3 Å². The first kappa shape index (κ1) is 21.2. The van der Waals surface area contributed by atoms with Gasteiger partial charge in [0.1, 0.15) is 0 Å².